The van der Waals surface area contributed by atoms with Crippen molar-refractivity contribution in [1.29, 1.82) is 0 Å². The molecule has 1 amide bonds. The zero-order chi connectivity index (χ0) is 13.9. The SMILES string of the molecule is NCCC1CC(NC(=O)c2ccc3ccccc3c2)C1. The molecule has 2 aromatic rings. The summed E-state index contributed by atoms with van der Waals surface area (Å²) in [6, 6.07) is 14.3. The number of carbonyl (C=O) groups excluding carboxylic acids is 1. The lowest BCUT2D eigenvalue weighted by molar-refractivity contribution is 0.0887. The van der Waals surface area contributed by atoms with Gasteiger partial charge in [0.05, 0.1) is 0 Å². The highest BCUT2D eigenvalue weighted by Crippen LogP contribution is 2.30. The number of rotatable bonds is 4. The fourth-order valence-electron chi connectivity index (χ4n) is 2.92. The minimum Gasteiger partial charge on any atom is -0.349 e. The van der Waals surface area contributed by atoms with Gasteiger partial charge in [-0.1, -0.05) is 30.3 Å². The van der Waals surface area contributed by atoms with E-state index in [4.69, 9.17) is 5.73 Å². The average Bonchev–Trinajstić information content (AvgIpc) is 2.44. The largest absolute Gasteiger partial charge is 0.349 e. The van der Waals surface area contributed by atoms with Crippen LogP contribution in [0, 0.1) is 5.92 Å². The molecule has 104 valence electrons. The molecule has 3 N–H and O–H groups in total. The summed E-state index contributed by atoms with van der Waals surface area (Å²) in [4.78, 5) is 12.2. The Morgan fingerprint density at radius 3 is 2.65 bits per heavy atom. The van der Waals surface area contributed by atoms with E-state index in [2.05, 4.69) is 11.4 Å². The molecule has 0 atom stereocenters. The lowest BCUT2D eigenvalue weighted by Gasteiger charge is -2.35. The Hall–Kier alpha value is -1.87. The van der Waals surface area contributed by atoms with Crippen LogP contribution in [0.25, 0.3) is 10.8 Å². The molecule has 1 saturated carbocycles. The van der Waals surface area contributed by atoms with Gasteiger partial charge in [-0.25, -0.2) is 0 Å². The topological polar surface area (TPSA) is 55.1 Å². The fraction of sp³-hybridized carbons (Fsp3) is 0.353. The maximum absolute atomic E-state index is 12.2. The van der Waals surface area contributed by atoms with Gasteiger partial charge in [0.2, 0.25) is 0 Å². The lowest BCUT2D eigenvalue weighted by atomic mass is 9.78. The van der Waals surface area contributed by atoms with Crippen molar-refractivity contribution in [1.82, 2.24) is 5.32 Å². The fourth-order valence-corrected chi connectivity index (χ4v) is 2.92. The van der Waals surface area contributed by atoms with E-state index in [1.165, 1.54) is 0 Å². The van der Waals surface area contributed by atoms with Crippen molar-refractivity contribution in [3.8, 4) is 0 Å². The summed E-state index contributed by atoms with van der Waals surface area (Å²) in [6.45, 7) is 0.746. The molecule has 0 aliphatic heterocycles. The maximum atomic E-state index is 12.2. The number of fused-ring (bicyclic) bond motifs is 1. The van der Waals surface area contributed by atoms with E-state index in [1.54, 1.807) is 0 Å². The molecule has 0 bridgehead atoms. The van der Waals surface area contributed by atoms with Gasteiger partial charge in [0.25, 0.3) is 5.91 Å². The van der Waals surface area contributed by atoms with E-state index in [0.717, 1.165) is 42.1 Å². The Labute approximate surface area is 119 Å². The third-order valence-corrected chi connectivity index (χ3v) is 4.16. The Balaban J connectivity index is 1.64. The van der Waals surface area contributed by atoms with Gasteiger partial charge in [0, 0.05) is 11.6 Å². The third-order valence-electron chi connectivity index (χ3n) is 4.16. The Morgan fingerprint density at radius 2 is 1.90 bits per heavy atom. The molecule has 0 saturated heterocycles. The molecule has 3 nitrogen and oxygen atoms in total. The van der Waals surface area contributed by atoms with Crippen molar-refractivity contribution >= 4 is 16.7 Å². The molecular formula is C17H20N2O. The normalized spacial score (nSPS) is 21.4. The van der Waals surface area contributed by atoms with Crippen molar-refractivity contribution in [2.24, 2.45) is 11.7 Å². The summed E-state index contributed by atoms with van der Waals surface area (Å²) < 4.78 is 0. The standard InChI is InChI=1S/C17H20N2O/c18-8-7-12-9-16(10-12)19-17(20)15-6-5-13-3-1-2-4-14(13)11-15/h1-6,11-12,16H,7-10,18H2,(H,19,20). The summed E-state index contributed by atoms with van der Waals surface area (Å²) in [6.07, 6.45) is 3.20. The van der Waals surface area contributed by atoms with Crippen LogP contribution < -0.4 is 11.1 Å². The van der Waals surface area contributed by atoms with Crippen molar-refractivity contribution in [2.75, 3.05) is 6.54 Å². The van der Waals surface area contributed by atoms with Gasteiger partial charge >= 0.3 is 0 Å². The molecule has 0 unspecified atom stereocenters. The van der Waals surface area contributed by atoms with Gasteiger partial charge in [-0.15, -0.1) is 0 Å². The number of amides is 1. The van der Waals surface area contributed by atoms with Crippen LogP contribution in [0.2, 0.25) is 0 Å². The van der Waals surface area contributed by atoms with Crippen molar-refractivity contribution in [3.05, 3.63) is 48.0 Å². The molecule has 1 aliphatic rings. The van der Waals surface area contributed by atoms with E-state index < -0.39 is 0 Å². The zero-order valence-electron chi connectivity index (χ0n) is 11.5. The smallest absolute Gasteiger partial charge is 0.251 e. The number of nitrogens with two attached hydrogens (primary N) is 1. The first-order valence-corrected chi connectivity index (χ1v) is 7.26. The quantitative estimate of drug-likeness (QED) is 0.895. The minimum atomic E-state index is 0.0342. The monoisotopic (exact) mass is 268 g/mol. The van der Waals surface area contributed by atoms with Crippen LogP contribution in [0.5, 0.6) is 0 Å². The lowest BCUT2D eigenvalue weighted by Crippen LogP contribution is -2.44. The van der Waals surface area contributed by atoms with Crippen LogP contribution in [0.4, 0.5) is 0 Å². The van der Waals surface area contributed by atoms with Crippen molar-refractivity contribution < 1.29 is 4.79 Å². The first kappa shape index (κ1) is 13.1. The summed E-state index contributed by atoms with van der Waals surface area (Å²) in [5, 5.41) is 5.37. The number of hydrogen-bond donors (Lipinski definition) is 2. The first-order valence-electron chi connectivity index (χ1n) is 7.26. The highest BCUT2D eigenvalue weighted by atomic mass is 16.1. The van der Waals surface area contributed by atoms with Crippen LogP contribution in [-0.4, -0.2) is 18.5 Å². The molecule has 0 aromatic heterocycles. The first-order chi connectivity index (χ1) is 9.76. The highest BCUT2D eigenvalue weighted by Gasteiger charge is 2.29. The summed E-state index contributed by atoms with van der Waals surface area (Å²) in [5.41, 5.74) is 6.28. The van der Waals surface area contributed by atoms with E-state index in [1.807, 2.05) is 36.4 Å². The van der Waals surface area contributed by atoms with Crippen LogP contribution in [0.15, 0.2) is 42.5 Å². The van der Waals surface area contributed by atoms with Gasteiger partial charge in [-0.3, -0.25) is 4.79 Å². The Morgan fingerprint density at radius 1 is 1.15 bits per heavy atom. The molecule has 0 spiro atoms. The number of hydrogen-bond acceptors (Lipinski definition) is 2. The molecule has 2 aromatic carbocycles. The molecular weight excluding hydrogens is 248 g/mol. The van der Waals surface area contributed by atoms with E-state index in [9.17, 15) is 4.79 Å². The predicted octanol–water partition coefficient (Wildman–Crippen LogP) is 2.70. The second kappa shape index (κ2) is 5.63. The maximum Gasteiger partial charge on any atom is 0.251 e. The van der Waals surface area contributed by atoms with Crippen molar-refractivity contribution in [3.63, 3.8) is 0 Å². The molecule has 0 heterocycles. The van der Waals surface area contributed by atoms with E-state index in [-0.39, 0.29) is 5.91 Å². The number of benzene rings is 2. The predicted molar refractivity (Wildman–Crippen MR) is 81.6 cm³/mol. The third kappa shape index (κ3) is 2.68. The van der Waals surface area contributed by atoms with Crippen molar-refractivity contribution in [2.45, 2.75) is 25.3 Å². The molecule has 3 heteroatoms. The van der Waals surface area contributed by atoms with E-state index >= 15 is 0 Å². The van der Waals surface area contributed by atoms with E-state index in [0.29, 0.717) is 12.0 Å². The number of carbonyl (C=O) groups is 1. The van der Waals surface area contributed by atoms with Gasteiger partial charge in [-0.2, -0.15) is 0 Å². The molecule has 3 rings (SSSR count). The molecule has 20 heavy (non-hydrogen) atoms. The Kier molecular flexibility index (Phi) is 3.70. The van der Waals surface area contributed by atoms with Crippen LogP contribution in [-0.2, 0) is 0 Å². The summed E-state index contributed by atoms with van der Waals surface area (Å²) >= 11 is 0. The Bertz CT molecular complexity index is 617. The minimum absolute atomic E-state index is 0.0342. The zero-order valence-corrected chi connectivity index (χ0v) is 11.5. The molecule has 1 fully saturated rings. The van der Waals surface area contributed by atoms with Crippen LogP contribution in [0.1, 0.15) is 29.6 Å². The molecule has 1 aliphatic carbocycles. The average molecular weight is 268 g/mol. The summed E-state index contributed by atoms with van der Waals surface area (Å²) in [5.74, 6) is 0.730. The second-order valence-electron chi connectivity index (χ2n) is 5.65. The van der Waals surface area contributed by atoms with Crippen LogP contribution in [0.3, 0.4) is 0 Å². The van der Waals surface area contributed by atoms with Crippen LogP contribution >= 0.6 is 0 Å². The second-order valence-corrected chi connectivity index (χ2v) is 5.65. The van der Waals surface area contributed by atoms with Gasteiger partial charge in [-0.05, 0) is 54.6 Å². The number of nitrogens with one attached hydrogen (secondary N) is 1. The molecule has 0 radical (unpaired) electrons. The van der Waals surface area contributed by atoms with Gasteiger partial charge in [0.15, 0.2) is 0 Å². The van der Waals surface area contributed by atoms with Gasteiger partial charge in [0.1, 0.15) is 0 Å². The van der Waals surface area contributed by atoms with Gasteiger partial charge < -0.3 is 11.1 Å². The highest BCUT2D eigenvalue weighted by molar-refractivity contribution is 5.98. The summed E-state index contributed by atoms with van der Waals surface area (Å²) in [7, 11) is 0.